The minimum Gasteiger partial charge on any atom is -0.486 e. The maximum atomic E-state index is 13.2. The van der Waals surface area contributed by atoms with Crippen LogP contribution in [0.4, 0.5) is 4.79 Å². The fourth-order valence-corrected chi connectivity index (χ4v) is 3.61. The molecule has 2 aromatic carbocycles. The Morgan fingerprint density at radius 3 is 2.46 bits per heavy atom. The Hall–Kier alpha value is -3.42. The summed E-state index contributed by atoms with van der Waals surface area (Å²) in [5.41, 5.74) is 0.242. The average Bonchev–Trinajstić information content (AvgIpc) is 3.26. The molecule has 3 heterocycles. The first-order valence-electron chi connectivity index (χ1n) is 8.97. The summed E-state index contributed by atoms with van der Waals surface area (Å²) in [4.78, 5) is 26.9. The number of carbonyl (C=O) groups excluding carboxylic acids is 2. The van der Waals surface area contributed by atoms with Gasteiger partial charge in [-0.1, -0.05) is 12.1 Å². The topological polar surface area (TPSA) is 86.3 Å². The van der Waals surface area contributed by atoms with Crippen molar-refractivity contribution in [3.05, 3.63) is 47.5 Å². The third-order valence-corrected chi connectivity index (χ3v) is 5.17. The molecule has 2 aromatic rings. The van der Waals surface area contributed by atoms with Gasteiger partial charge in [0.2, 0.25) is 6.79 Å². The lowest BCUT2D eigenvalue weighted by Crippen LogP contribution is -2.41. The molecule has 1 saturated heterocycles. The Morgan fingerprint density at radius 1 is 0.929 bits per heavy atom. The predicted molar refractivity (Wildman–Crippen MR) is 96.4 cm³/mol. The van der Waals surface area contributed by atoms with E-state index in [9.17, 15) is 9.59 Å². The van der Waals surface area contributed by atoms with E-state index in [4.69, 9.17) is 18.9 Å². The highest BCUT2D eigenvalue weighted by Gasteiger charge is 2.49. The van der Waals surface area contributed by atoms with Crippen molar-refractivity contribution in [2.24, 2.45) is 0 Å². The molecule has 1 fully saturated rings. The lowest BCUT2D eigenvalue weighted by Gasteiger charge is -2.25. The summed E-state index contributed by atoms with van der Waals surface area (Å²) in [5.74, 6) is 2.14. The van der Waals surface area contributed by atoms with Crippen molar-refractivity contribution in [1.29, 1.82) is 0 Å². The highest BCUT2D eigenvalue weighted by Crippen LogP contribution is 2.38. The molecule has 0 spiro atoms. The molecule has 3 aliphatic heterocycles. The summed E-state index contributed by atoms with van der Waals surface area (Å²) in [6.07, 6.45) is 0. The first kappa shape index (κ1) is 16.7. The van der Waals surface area contributed by atoms with Gasteiger partial charge in [0.1, 0.15) is 18.8 Å². The number of nitrogens with zero attached hydrogens (tertiary/aromatic N) is 1. The van der Waals surface area contributed by atoms with Crippen LogP contribution in [-0.2, 0) is 16.9 Å². The van der Waals surface area contributed by atoms with Gasteiger partial charge in [0.15, 0.2) is 23.0 Å². The summed E-state index contributed by atoms with van der Waals surface area (Å²) in [7, 11) is 0. The predicted octanol–water partition coefficient (Wildman–Crippen LogP) is 2.15. The molecule has 0 bridgehead atoms. The van der Waals surface area contributed by atoms with Crippen molar-refractivity contribution in [3.63, 3.8) is 0 Å². The number of benzene rings is 2. The second-order valence-corrected chi connectivity index (χ2v) is 6.99. The van der Waals surface area contributed by atoms with Crippen molar-refractivity contribution in [3.8, 4) is 23.0 Å². The van der Waals surface area contributed by atoms with Crippen LogP contribution >= 0.6 is 0 Å². The zero-order valence-corrected chi connectivity index (χ0v) is 15.2. The Balaban J connectivity index is 1.42. The number of hydrogen-bond acceptors (Lipinski definition) is 6. The number of nitrogens with one attached hydrogen (secondary N) is 1. The number of fused-ring (bicyclic) bond motifs is 2. The van der Waals surface area contributed by atoms with Crippen LogP contribution in [0.1, 0.15) is 18.1 Å². The second kappa shape index (κ2) is 6.05. The standard InChI is InChI=1S/C20H18N2O6/c1-20(13-3-5-14-17(9-13)26-7-6-25-14)18(23)22(19(24)21-20)10-12-2-4-15-16(8-12)28-11-27-15/h2-5,8-9H,6-7,10-11H2,1H3,(H,21,24)/t20-/m0/s1. The van der Waals surface area contributed by atoms with Crippen LogP contribution in [0.2, 0.25) is 0 Å². The third-order valence-electron chi connectivity index (χ3n) is 5.17. The zero-order valence-electron chi connectivity index (χ0n) is 15.2. The average molecular weight is 382 g/mol. The molecule has 1 atom stereocenters. The summed E-state index contributed by atoms with van der Waals surface area (Å²) in [6, 6.07) is 10.2. The molecular formula is C20H18N2O6. The van der Waals surface area contributed by atoms with Gasteiger partial charge in [0, 0.05) is 0 Å². The number of ether oxygens (including phenoxy) is 4. The van der Waals surface area contributed by atoms with Gasteiger partial charge in [-0.25, -0.2) is 4.79 Å². The number of urea groups is 1. The van der Waals surface area contributed by atoms with Crippen LogP contribution in [0.3, 0.4) is 0 Å². The summed E-state index contributed by atoms with van der Waals surface area (Å²) in [5, 5.41) is 2.81. The molecule has 144 valence electrons. The number of carbonyl (C=O) groups is 2. The quantitative estimate of drug-likeness (QED) is 0.819. The van der Waals surface area contributed by atoms with E-state index in [1.54, 1.807) is 37.3 Å². The largest absolute Gasteiger partial charge is 0.486 e. The van der Waals surface area contributed by atoms with Crippen LogP contribution in [-0.4, -0.2) is 36.8 Å². The van der Waals surface area contributed by atoms with Gasteiger partial charge in [-0.05, 0) is 42.3 Å². The minimum absolute atomic E-state index is 0.140. The van der Waals surface area contributed by atoms with E-state index >= 15 is 0 Å². The van der Waals surface area contributed by atoms with Gasteiger partial charge in [0.05, 0.1) is 6.54 Å². The Labute approximate surface area is 160 Å². The lowest BCUT2D eigenvalue weighted by molar-refractivity contribution is -0.131. The number of hydrogen-bond donors (Lipinski definition) is 1. The normalized spacial score (nSPS) is 22.4. The van der Waals surface area contributed by atoms with E-state index in [1.807, 2.05) is 6.07 Å². The molecule has 8 nitrogen and oxygen atoms in total. The van der Waals surface area contributed by atoms with E-state index < -0.39 is 11.6 Å². The molecule has 3 aliphatic rings. The molecule has 0 unspecified atom stereocenters. The molecule has 1 N–H and O–H groups in total. The first-order valence-corrected chi connectivity index (χ1v) is 8.97. The Kier molecular flexibility index (Phi) is 3.61. The number of amides is 3. The smallest absolute Gasteiger partial charge is 0.325 e. The van der Waals surface area contributed by atoms with Crippen LogP contribution in [0, 0.1) is 0 Å². The summed E-state index contributed by atoms with van der Waals surface area (Å²) >= 11 is 0. The highest BCUT2D eigenvalue weighted by molar-refractivity contribution is 6.07. The van der Waals surface area contributed by atoms with Crippen LogP contribution in [0.15, 0.2) is 36.4 Å². The van der Waals surface area contributed by atoms with Crippen molar-refractivity contribution in [2.75, 3.05) is 20.0 Å². The first-order chi connectivity index (χ1) is 13.5. The molecule has 0 radical (unpaired) electrons. The van der Waals surface area contributed by atoms with E-state index in [0.29, 0.717) is 41.8 Å². The SMILES string of the molecule is C[C@@]1(c2ccc3c(c2)OCCO3)NC(=O)N(Cc2ccc3c(c2)OCO3)C1=O. The van der Waals surface area contributed by atoms with Gasteiger partial charge in [-0.15, -0.1) is 0 Å². The second-order valence-electron chi connectivity index (χ2n) is 6.99. The van der Waals surface area contributed by atoms with Crippen LogP contribution in [0.25, 0.3) is 0 Å². The molecule has 0 aromatic heterocycles. The Morgan fingerprint density at radius 2 is 1.61 bits per heavy atom. The van der Waals surface area contributed by atoms with Crippen LogP contribution in [0.5, 0.6) is 23.0 Å². The van der Waals surface area contributed by atoms with Crippen molar-refractivity contribution in [1.82, 2.24) is 10.2 Å². The van der Waals surface area contributed by atoms with E-state index in [1.165, 1.54) is 4.90 Å². The maximum Gasteiger partial charge on any atom is 0.325 e. The maximum absolute atomic E-state index is 13.2. The highest BCUT2D eigenvalue weighted by atomic mass is 16.7. The van der Waals surface area contributed by atoms with Gasteiger partial charge in [0.25, 0.3) is 5.91 Å². The van der Waals surface area contributed by atoms with Crippen molar-refractivity contribution in [2.45, 2.75) is 19.0 Å². The molecule has 8 heteroatoms. The number of rotatable bonds is 3. The fraction of sp³-hybridized carbons (Fsp3) is 0.300. The molecule has 5 rings (SSSR count). The van der Waals surface area contributed by atoms with Crippen molar-refractivity contribution >= 4 is 11.9 Å². The number of imide groups is 1. The zero-order chi connectivity index (χ0) is 19.3. The van der Waals surface area contributed by atoms with Gasteiger partial charge >= 0.3 is 6.03 Å². The molecular weight excluding hydrogens is 364 g/mol. The minimum atomic E-state index is -1.18. The van der Waals surface area contributed by atoms with E-state index in [-0.39, 0.29) is 19.2 Å². The van der Waals surface area contributed by atoms with Gasteiger partial charge in [-0.2, -0.15) is 0 Å². The van der Waals surface area contributed by atoms with Crippen LogP contribution < -0.4 is 24.3 Å². The monoisotopic (exact) mass is 382 g/mol. The fourth-order valence-electron chi connectivity index (χ4n) is 3.61. The molecule has 3 amide bonds. The third kappa shape index (κ3) is 2.52. The van der Waals surface area contributed by atoms with Crippen molar-refractivity contribution < 1.29 is 28.5 Å². The van der Waals surface area contributed by atoms with Gasteiger partial charge < -0.3 is 24.3 Å². The summed E-state index contributed by atoms with van der Waals surface area (Å²) in [6.45, 7) is 2.94. The van der Waals surface area contributed by atoms with E-state index in [2.05, 4.69) is 5.32 Å². The molecule has 28 heavy (non-hydrogen) atoms. The molecule has 0 saturated carbocycles. The van der Waals surface area contributed by atoms with Gasteiger partial charge in [-0.3, -0.25) is 9.69 Å². The lowest BCUT2D eigenvalue weighted by atomic mass is 9.91. The van der Waals surface area contributed by atoms with E-state index in [0.717, 1.165) is 5.56 Å². The molecule has 0 aliphatic carbocycles. The summed E-state index contributed by atoms with van der Waals surface area (Å²) < 4.78 is 21.8. The Bertz CT molecular complexity index is 991.